The Bertz CT molecular complexity index is 635. The first kappa shape index (κ1) is 20.9. The van der Waals surface area contributed by atoms with Gasteiger partial charge in [-0.05, 0) is 46.7 Å². The van der Waals surface area contributed by atoms with Crippen LogP contribution in [0, 0.1) is 13.8 Å². The lowest BCUT2D eigenvalue weighted by Gasteiger charge is -2.19. The largest absolute Gasteiger partial charge is 0.462 e. The Hall–Kier alpha value is -2.15. The third kappa shape index (κ3) is 5.70. The first-order chi connectivity index (χ1) is 11.7. The van der Waals surface area contributed by atoms with Crippen LogP contribution in [0.4, 0.5) is 0 Å². The van der Waals surface area contributed by atoms with E-state index in [-0.39, 0.29) is 37.4 Å². The molecule has 0 saturated carbocycles. The summed E-state index contributed by atoms with van der Waals surface area (Å²) < 4.78 is 5.04. The number of hydrogen-bond acceptors (Lipinski definition) is 5. The van der Waals surface area contributed by atoms with Crippen LogP contribution in [0.1, 0.15) is 59.8 Å². The number of nitrogens with zero attached hydrogens (tertiary/aromatic N) is 1. The van der Waals surface area contributed by atoms with Gasteiger partial charge in [0.15, 0.2) is 5.78 Å². The number of aromatic amines is 1. The van der Waals surface area contributed by atoms with Crippen molar-refractivity contribution in [1.82, 2.24) is 15.2 Å². The van der Waals surface area contributed by atoms with Crippen LogP contribution in [-0.4, -0.2) is 59.8 Å². The fourth-order valence-electron chi connectivity index (χ4n) is 2.67. The van der Waals surface area contributed by atoms with E-state index < -0.39 is 5.97 Å². The number of aryl methyl sites for hydroxylation is 1. The van der Waals surface area contributed by atoms with Crippen LogP contribution in [-0.2, 0) is 9.53 Å². The van der Waals surface area contributed by atoms with Gasteiger partial charge >= 0.3 is 5.97 Å². The van der Waals surface area contributed by atoms with Crippen molar-refractivity contribution in [3.05, 3.63) is 22.5 Å². The molecule has 0 unspecified atom stereocenters. The summed E-state index contributed by atoms with van der Waals surface area (Å²) in [6, 6.07) is 0.0577. The highest BCUT2D eigenvalue weighted by molar-refractivity contribution is 6.02. The Balaban J connectivity index is 2.87. The standard InChI is InChI=1S/C18H29N3O4/c1-7-21(10-15(23)19-11(3)4)9-14(22)17-12(5)16(13(6)20-17)18(24)25-8-2/h11,20H,7-10H2,1-6H3,(H,19,23). The average molecular weight is 351 g/mol. The predicted molar refractivity (Wildman–Crippen MR) is 95.9 cm³/mol. The van der Waals surface area contributed by atoms with Crippen LogP contribution in [0.25, 0.3) is 0 Å². The van der Waals surface area contributed by atoms with Gasteiger partial charge in [0.25, 0.3) is 0 Å². The van der Waals surface area contributed by atoms with Crippen LogP contribution in [0.15, 0.2) is 0 Å². The average Bonchev–Trinajstić information content (AvgIpc) is 2.80. The monoisotopic (exact) mass is 351 g/mol. The van der Waals surface area contributed by atoms with Crippen molar-refractivity contribution >= 4 is 17.7 Å². The number of Topliss-reactive ketones (excluding diaryl/α,β-unsaturated/α-hetero) is 1. The van der Waals surface area contributed by atoms with Crippen molar-refractivity contribution in [3.63, 3.8) is 0 Å². The number of H-pyrrole nitrogens is 1. The maximum atomic E-state index is 12.6. The van der Waals surface area contributed by atoms with Crippen LogP contribution in [0.3, 0.4) is 0 Å². The van der Waals surface area contributed by atoms with Crippen molar-refractivity contribution in [2.24, 2.45) is 0 Å². The Morgan fingerprint density at radius 3 is 2.32 bits per heavy atom. The van der Waals surface area contributed by atoms with Crippen molar-refractivity contribution in [3.8, 4) is 0 Å². The molecule has 0 fully saturated rings. The zero-order chi connectivity index (χ0) is 19.1. The summed E-state index contributed by atoms with van der Waals surface area (Å²) in [7, 11) is 0. The minimum atomic E-state index is -0.434. The molecule has 0 radical (unpaired) electrons. The normalized spacial score (nSPS) is 11.0. The number of ether oxygens (including phenoxy) is 1. The molecule has 0 aromatic carbocycles. The van der Waals surface area contributed by atoms with Gasteiger partial charge in [-0.3, -0.25) is 14.5 Å². The second kappa shape index (κ2) is 9.36. The quantitative estimate of drug-likeness (QED) is 0.523. The molecule has 1 heterocycles. The Kier molecular flexibility index (Phi) is 7.83. The molecular formula is C18H29N3O4. The SMILES string of the molecule is CCOC(=O)c1c(C)[nH]c(C(=O)CN(CC)CC(=O)NC(C)C)c1C. The number of carbonyl (C=O) groups is 3. The van der Waals surface area contributed by atoms with E-state index in [4.69, 9.17) is 4.74 Å². The molecule has 0 bridgehead atoms. The van der Waals surface area contributed by atoms with Gasteiger partial charge in [0.1, 0.15) is 0 Å². The number of aromatic nitrogens is 1. The van der Waals surface area contributed by atoms with E-state index in [0.29, 0.717) is 29.1 Å². The number of rotatable bonds is 9. The Labute approximate surface area is 149 Å². The number of ketones is 1. The minimum Gasteiger partial charge on any atom is -0.462 e. The smallest absolute Gasteiger partial charge is 0.340 e. The second-order valence-corrected chi connectivity index (χ2v) is 6.29. The topological polar surface area (TPSA) is 91.5 Å². The van der Waals surface area contributed by atoms with Gasteiger partial charge in [-0.1, -0.05) is 6.92 Å². The Morgan fingerprint density at radius 2 is 1.80 bits per heavy atom. The highest BCUT2D eigenvalue weighted by Gasteiger charge is 2.24. The van der Waals surface area contributed by atoms with Gasteiger partial charge in [-0.25, -0.2) is 4.79 Å². The van der Waals surface area contributed by atoms with Crippen molar-refractivity contribution < 1.29 is 19.1 Å². The molecule has 1 aromatic rings. The molecular weight excluding hydrogens is 322 g/mol. The van der Waals surface area contributed by atoms with Crippen molar-refractivity contribution in [2.45, 2.75) is 47.6 Å². The van der Waals surface area contributed by atoms with Gasteiger partial charge in [0, 0.05) is 11.7 Å². The zero-order valence-electron chi connectivity index (χ0n) is 16.0. The summed E-state index contributed by atoms with van der Waals surface area (Å²) in [5.74, 6) is -0.706. The van der Waals surface area contributed by atoms with E-state index in [0.717, 1.165) is 0 Å². The molecule has 7 heteroatoms. The molecule has 7 nitrogen and oxygen atoms in total. The molecule has 0 atom stereocenters. The molecule has 0 aliphatic rings. The Morgan fingerprint density at radius 1 is 1.16 bits per heavy atom. The molecule has 0 aliphatic heterocycles. The summed E-state index contributed by atoms with van der Waals surface area (Å²) in [5, 5.41) is 2.81. The molecule has 1 amide bonds. The molecule has 25 heavy (non-hydrogen) atoms. The number of hydrogen-bond donors (Lipinski definition) is 2. The first-order valence-electron chi connectivity index (χ1n) is 8.62. The van der Waals surface area contributed by atoms with Gasteiger partial charge in [-0.2, -0.15) is 0 Å². The van der Waals surface area contributed by atoms with E-state index in [1.807, 2.05) is 20.8 Å². The first-order valence-corrected chi connectivity index (χ1v) is 8.62. The summed E-state index contributed by atoms with van der Waals surface area (Å²) in [4.78, 5) is 41.3. The summed E-state index contributed by atoms with van der Waals surface area (Å²) in [6.07, 6.45) is 0. The van der Waals surface area contributed by atoms with Gasteiger partial charge in [0.2, 0.25) is 5.91 Å². The third-order valence-corrected chi connectivity index (χ3v) is 3.83. The van der Waals surface area contributed by atoms with Crippen LogP contribution in [0.5, 0.6) is 0 Å². The van der Waals surface area contributed by atoms with Crippen LogP contribution in [0.2, 0.25) is 0 Å². The lowest BCUT2D eigenvalue weighted by Crippen LogP contribution is -2.42. The fourth-order valence-corrected chi connectivity index (χ4v) is 2.67. The molecule has 1 aromatic heterocycles. The molecule has 0 spiro atoms. The van der Waals surface area contributed by atoms with E-state index in [9.17, 15) is 14.4 Å². The van der Waals surface area contributed by atoms with E-state index in [2.05, 4.69) is 10.3 Å². The number of amides is 1. The predicted octanol–water partition coefficient (Wildman–Crippen LogP) is 1.84. The van der Waals surface area contributed by atoms with Gasteiger partial charge in [0.05, 0.1) is 31.0 Å². The highest BCUT2D eigenvalue weighted by atomic mass is 16.5. The van der Waals surface area contributed by atoms with E-state index in [1.54, 1.807) is 25.7 Å². The van der Waals surface area contributed by atoms with Crippen LogP contribution >= 0.6 is 0 Å². The maximum absolute atomic E-state index is 12.6. The zero-order valence-corrected chi connectivity index (χ0v) is 16.0. The van der Waals surface area contributed by atoms with E-state index >= 15 is 0 Å². The fraction of sp³-hybridized carbons (Fsp3) is 0.611. The number of nitrogens with one attached hydrogen (secondary N) is 2. The van der Waals surface area contributed by atoms with Crippen molar-refractivity contribution in [2.75, 3.05) is 26.2 Å². The molecule has 140 valence electrons. The van der Waals surface area contributed by atoms with E-state index in [1.165, 1.54) is 0 Å². The lowest BCUT2D eigenvalue weighted by atomic mass is 10.1. The van der Waals surface area contributed by atoms with Crippen LogP contribution < -0.4 is 5.32 Å². The molecule has 0 aliphatic carbocycles. The molecule has 1 rings (SSSR count). The minimum absolute atomic E-state index is 0.0577. The summed E-state index contributed by atoms with van der Waals surface area (Å²) >= 11 is 0. The third-order valence-electron chi connectivity index (χ3n) is 3.83. The summed E-state index contributed by atoms with van der Waals surface area (Å²) in [6.45, 7) is 12.0. The number of carbonyl (C=O) groups excluding carboxylic acids is 3. The number of likely N-dealkylation sites (N-methyl/N-ethyl adjacent to an activating group) is 1. The molecule has 0 saturated heterocycles. The molecule has 2 N–H and O–H groups in total. The van der Waals surface area contributed by atoms with Gasteiger partial charge in [-0.15, -0.1) is 0 Å². The highest BCUT2D eigenvalue weighted by Crippen LogP contribution is 2.19. The summed E-state index contributed by atoms with van der Waals surface area (Å²) in [5.41, 5.74) is 2.00. The maximum Gasteiger partial charge on any atom is 0.340 e. The lowest BCUT2D eigenvalue weighted by molar-refractivity contribution is -0.122. The second-order valence-electron chi connectivity index (χ2n) is 6.29. The van der Waals surface area contributed by atoms with Crippen molar-refractivity contribution in [1.29, 1.82) is 0 Å². The van der Waals surface area contributed by atoms with Gasteiger partial charge < -0.3 is 15.0 Å². The number of esters is 1.